The van der Waals surface area contributed by atoms with Crippen LogP contribution in [0.15, 0.2) is 22.7 Å². The number of rotatable bonds is 6. The van der Waals surface area contributed by atoms with Gasteiger partial charge in [0.15, 0.2) is 0 Å². The van der Waals surface area contributed by atoms with Gasteiger partial charge in [0.1, 0.15) is 11.9 Å². The van der Waals surface area contributed by atoms with Gasteiger partial charge in [-0.05, 0) is 37.1 Å². The fraction of sp³-hybridized carbons (Fsp3) is 0.533. The number of nitrogens with one attached hydrogen (secondary N) is 2. The first-order valence-corrected chi connectivity index (χ1v) is 7.85. The van der Waals surface area contributed by atoms with E-state index in [1.165, 1.54) is 5.56 Å². The third-order valence-corrected chi connectivity index (χ3v) is 3.85. The van der Waals surface area contributed by atoms with Crippen LogP contribution in [0.25, 0.3) is 0 Å². The van der Waals surface area contributed by atoms with Crippen molar-refractivity contribution in [3.63, 3.8) is 0 Å². The number of amides is 1. The summed E-state index contributed by atoms with van der Waals surface area (Å²) < 4.78 is 6.93. The van der Waals surface area contributed by atoms with Crippen molar-refractivity contribution >= 4 is 21.8 Å². The number of halogens is 1. The Morgan fingerprint density at radius 1 is 1.55 bits per heavy atom. The standard InChI is InChI=1S/C15H21BrN2O2/c1-3-6-17-15(19)10(2)18-9-13-8-11-7-12(16)4-5-14(11)20-13/h4-5,7,10,13,18H,3,6,8-9H2,1-2H3,(H,17,19). The second kappa shape index (κ2) is 7.09. The summed E-state index contributed by atoms with van der Waals surface area (Å²) >= 11 is 3.47. The van der Waals surface area contributed by atoms with E-state index in [0.29, 0.717) is 6.54 Å². The average molecular weight is 341 g/mol. The molecule has 20 heavy (non-hydrogen) atoms. The van der Waals surface area contributed by atoms with Gasteiger partial charge in [-0.1, -0.05) is 22.9 Å². The molecule has 1 aliphatic rings. The molecule has 2 unspecified atom stereocenters. The maximum atomic E-state index is 11.7. The Labute approximate surface area is 128 Å². The molecule has 1 aromatic carbocycles. The lowest BCUT2D eigenvalue weighted by atomic mass is 10.1. The Morgan fingerprint density at radius 3 is 3.10 bits per heavy atom. The SMILES string of the molecule is CCCNC(=O)C(C)NCC1Cc2cc(Br)ccc2O1. The number of benzene rings is 1. The summed E-state index contributed by atoms with van der Waals surface area (Å²) in [5.41, 5.74) is 1.22. The fourth-order valence-corrected chi connectivity index (χ4v) is 2.61. The van der Waals surface area contributed by atoms with E-state index in [2.05, 4.69) is 32.6 Å². The molecule has 1 heterocycles. The van der Waals surface area contributed by atoms with Gasteiger partial charge in [0.05, 0.1) is 6.04 Å². The molecule has 1 amide bonds. The Kier molecular flexibility index (Phi) is 5.43. The monoisotopic (exact) mass is 340 g/mol. The van der Waals surface area contributed by atoms with Gasteiger partial charge in [-0.2, -0.15) is 0 Å². The topological polar surface area (TPSA) is 50.4 Å². The van der Waals surface area contributed by atoms with Gasteiger partial charge in [0.2, 0.25) is 5.91 Å². The summed E-state index contributed by atoms with van der Waals surface area (Å²) in [5, 5.41) is 6.12. The zero-order valence-electron chi connectivity index (χ0n) is 11.9. The summed E-state index contributed by atoms with van der Waals surface area (Å²) in [5.74, 6) is 0.994. The predicted molar refractivity (Wildman–Crippen MR) is 83.0 cm³/mol. The van der Waals surface area contributed by atoms with Crippen LogP contribution >= 0.6 is 15.9 Å². The number of hydrogen-bond acceptors (Lipinski definition) is 3. The molecule has 1 aromatic rings. The minimum absolute atomic E-state index is 0.0464. The van der Waals surface area contributed by atoms with Gasteiger partial charge >= 0.3 is 0 Å². The van der Waals surface area contributed by atoms with Crippen molar-refractivity contribution < 1.29 is 9.53 Å². The van der Waals surface area contributed by atoms with Crippen LogP contribution in [0.3, 0.4) is 0 Å². The van der Waals surface area contributed by atoms with E-state index < -0.39 is 0 Å². The molecule has 0 spiro atoms. The van der Waals surface area contributed by atoms with E-state index in [1.54, 1.807) is 0 Å². The second-order valence-corrected chi connectivity index (χ2v) is 6.03. The van der Waals surface area contributed by atoms with Crippen molar-refractivity contribution in [3.8, 4) is 5.75 Å². The van der Waals surface area contributed by atoms with Gasteiger partial charge in [0, 0.05) is 24.0 Å². The number of fused-ring (bicyclic) bond motifs is 1. The van der Waals surface area contributed by atoms with E-state index in [-0.39, 0.29) is 18.1 Å². The van der Waals surface area contributed by atoms with E-state index in [0.717, 1.165) is 29.6 Å². The summed E-state index contributed by atoms with van der Waals surface area (Å²) in [6.07, 6.45) is 1.93. The summed E-state index contributed by atoms with van der Waals surface area (Å²) in [6, 6.07) is 5.86. The van der Waals surface area contributed by atoms with Crippen molar-refractivity contribution in [1.82, 2.24) is 10.6 Å². The Balaban J connectivity index is 1.78. The first-order chi connectivity index (χ1) is 9.60. The van der Waals surface area contributed by atoms with E-state index >= 15 is 0 Å². The van der Waals surface area contributed by atoms with Crippen LogP contribution in [0.2, 0.25) is 0 Å². The lowest BCUT2D eigenvalue weighted by molar-refractivity contribution is -0.122. The predicted octanol–water partition coefficient (Wildman–Crippen LogP) is 2.26. The van der Waals surface area contributed by atoms with Crippen LogP contribution in [0, 0.1) is 0 Å². The van der Waals surface area contributed by atoms with Crippen molar-refractivity contribution in [1.29, 1.82) is 0 Å². The molecule has 0 aliphatic carbocycles. The van der Waals surface area contributed by atoms with Crippen molar-refractivity contribution in [3.05, 3.63) is 28.2 Å². The molecule has 4 nitrogen and oxygen atoms in total. The molecule has 0 saturated carbocycles. The molecule has 0 aromatic heterocycles. The van der Waals surface area contributed by atoms with Crippen LogP contribution in [-0.2, 0) is 11.2 Å². The van der Waals surface area contributed by atoms with Crippen LogP contribution in [-0.4, -0.2) is 31.1 Å². The number of carbonyl (C=O) groups excluding carboxylic acids is 1. The Bertz CT molecular complexity index is 479. The minimum atomic E-state index is -0.194. The van der Waals surface area contributed by atoms with Crippen LogP contribution in [0.1, 0.15) is 25.8 Å². The van der Waals surface area contributed by atoms with Gasteiger partial charge in [-0.3, -0.25) is 4.79 Å². The summed E-state index contributed by atoms with van der Waals surface area (Å²) in [7, 11) is 0. The Morgan fingerprint density at radius 2 is 2.35 bits per heavy atom. The molecule has 2 N–H and O–H groups in total. The third-order valence-electron chi connectivity index (χ3n) is 3.36. The molecule has 0 fully saturated rings. The molecule has 0 bridgehead atoms. The molecular weight excluding hydrogens is 320 g/mol. The van der Waals surface area contributed by atoms with Crippen LogP contribution in [0.5, 0.6) is 5.75 Å². The smallest absolute Gasteiger partial charge is 0.236 e. The molecule has 1 aliphatic heterocycles. The molecule has 5 heteroatoms. The highest BCUT2D eigenvalue weighted by Gasteiger charge is 2.24. The molecule has 110 valence electrons. The number of carbonyl (C=O) groups is 1. The fourth-order valence-electron chi connectivity index (χ4n) is 2.21. The highest BCUT2D eigenvalue weighted by molar-refractivity contribution is 9.10. The van der Waals surface area contributed by atoms with Gasteiger partial charge in [0.25, 0.3) is 0 Å². The molecular formula is C15H21BrN2O2. The Hall–Kier alpha value is -1.07. The maximum Gasteiger partial charge on any atom is 0.236 e. The highest BCUT2D eigenvalue weighted by Crippen LogP contribution is 2.30. The normalized spacial score (nSPS) is 18.2. The summed E-state index contributed by atoms with van der Waals surface area (Å²) in [6.45, 7) is 5.32. The number of ether oxygens (including phenoxy) is 1. The average Bonchev–Trinajstić information content (AvgIpc) is 2.83. The zero-order chi connectivity index (χ0) is 14.5. The highest BCUT2D eigenvalue weighted by atomic mass is 79.9. The molecule has 0 saturated heterocycles. The summed E-state index contributed by atoms with van der Waals surface area (Å²) in [4.78, 5) is 11.7. The van der Waals surface area contributed by atoms with E-state index in [4.69, 9.17) is 4.74 Å². The minimum Gasteiger partial charge on any atom is -0.488 e. The van der Waals surface area contributed by atoms with Crippen LogP contribution in [0.4, 0.5) is 0 Å². The first kappa shape index (κ1) is 15.3. The molecule has 2 atom stereocenters. The maximum absolute atomic E-state index is 11.7. The van der Waals surface area contributed by atoms with E-state index in [9.17, 15) is 4.79 Å². The quantitative estimate of drug-likeness (QED) is 0.835. The van der Waals surface area contributed by atoms with Crippen molar-refractivity contribution in [2.24, 2.45) is 0 Å². The van der Waals surface area contributed by atoms with Crippen molar-refractivity contribution in [2.45, 2.75) is 38.8 Å². The molecule has 0 radical (unpaired) electrons. The van der Waals surface area contributed by atoms with Gasteiger partial charge < -0.3 is 15.4 Å². The lowest BCUT2D eigenvalue weighted by Gasteiger charge is -2.17. The van der Waals surface area contributed by atoms with Gasteiger partial charge in [-0.15, -0.1) is 0 Å². The number of hydrogen-bond donors (Lipinski definition) is 2. The molecule has 2 rings (SSSR count). The zero-order valence-corrected chi connectivity index (χ0v) is 13.5. The van der Waals surface area contributed by atoms with Gasteiger partial charge in [-0.25, -0.2) is 0 Å². The first-order valence-electron chi connectivity index (χ1n) is 7.06. The van der Waals surface area contributed by atoms with Crippen LogP contribution < -0.4 is 15.4 Å². The largest absolute Gasteiger partial charge is 0.488 e. The van der Waals surface area contributed by atoms with Crippen molar-refractivity contribution in [2.75, 3.05) is 13.1 Å². The lowest BCUT2D eigenvalue weighted by Crippen LogP contribution is -2.45. The second-order valence-electron chi connectivity index (χ2n) is 5.12. The van der Waals surface area contributed by atoms with E-state index in [1.807, 2.05) is 26.0 Å². The third kappa shape index (κ3) is 3.96.